The zero-order chi connectivity index (χ0) is 10.7. The van der Waals surface area contributed by atoms with E-state index in [0.717, 1.165) is 5.69 Å². The highest BCUT2D eigenvalue weighted by Crippen LogP contribution is 2.26. The van der Waals surface area contributed by atoms with E-state index in [1.807, 2.05) is 18.0 Å². The lowest BCUT2D eigenvalue weighted by molar-refractivity contribution is 1.12. The molecule has 6 heteroatoms. The monoisotopic (exact) mass is 376 g/mol. The summed E-state index contributed by atoms with van der Waals surface area (Å²) in [6.45, 7) is 0. The fourth-order valence-electron chi connectivity index (χ4n) is 0.979. The molecule has 0 amide bonds. The number of rotatable bonds is 1. The van der Waals surface area contributed by atoms with E-state index < -0.39 is 0 Å². The van der Waals surface area contributed by atoms with Crippen LogP contribution in [-0.2, 0) is 0 Å². The van der Waals surface area contributed by atoms with Gasteiger partial charge in [-0.25, -0.2) is 0 Å². The fraction of sp³-hybridized carbons (Fsp3) is 0.222. The van der Waals surface area contributed by atoms with Crippen LogP contribution >= 0.6 is 59.4 Å². The van der Waals surface area contributed by atoms with Crippen LogP contribution in [-0.4, -0.2) is 19.2 Å². The topological polar surface area (TPSA) is 15.3 Å². The van der Waals surface area contributed by atoms with Crippen LogP contribution in [0.1, 0.15) is 0 Å². The van der Waals surface area contributed by atoms with Crippen molar-refractivity contribution in [2.24, 2.45) is 0 Å². The Bertz CT molecular complexity index is 360. The number of anilines is 1. The average molecular weight is 377 g/mol. The summed E-state index contributed by atoms with van der Waals surface area (Å²) < 4.78 is 0. The van der Waals surface area contributed by atoms with Gasteiger partial charge in [0.25, 0.3) is 0 Å². The standard InChI is InChI=1S/C9H10Cl2N2S.HI/c1-12-9(14)13(2)6-3-4-7(10)8(11)5-6;/h3-5H,1-2H3,(H,12,14);1H. The van der Waals surface area contributed by atoms with Gasteiger partial charge in [0.2, 0.25) is 0 Å². The van der Waals surface area contributed by atoms with E-state index in [1.54, 1.807) is 19.2 Å². The number of hydrogen-bond donors (Lipinski definition) is 1. The van der Waals surface area contributed by atoms with Crippen molar-refractivity contribution in [1.29, 1.82) is 0 Å². The lowest BCUT2D eigenvalue weighted by Gasteiger charge is -2.19. The molecule has 0 radical (unpaired) electrons. The first-order chi connectivity index (χ1) is 6.56. The third kappa shape index (κ3) is 3.94. The predicted octanol–water partition coefficient (Wildman–Crippen LogP) is 3.55. The summed E-state index contributed by atoms with van der Waals surface area (Å²) in [5, 5.41) is 4.57. The van der Waals surface area contributed by atoms with Gasteiger partial charge in [-0.15, -0.1) is 24.0 Å². The number of nitrogens with one attached hydrogen (secondary N) is 1. The summed E-state index contributed by atoms with van der Waals surface area (Å²) in [7, 11) is 3.63. The van der Waals surface area contributed by atoms with Gasteiger partial charge in [-0.3, -0.25) is 0 Å². The van der Waals surface area contributed by atoms with Crippen LogP contribution in [0.25, 0.3) is 0 Å². The van der Waals surface area contributed by atoms with Crippen LogP contribution in [0.4, 0.5) is 5.69 Å². The highest BCUT2D eigenvalue weighted by Gasteiger charge is 2.06. The van der Waals surface area contributed by atoms with Crippen LogP contribution in [0.2, 0.25) is 10.0 Å². The molecule has 15 heavy (non-hydrogen) atoms. The van der Waals surface area contributed by atoms with Crippen molar-refractivity contribution in [1.82, 2.24) is 5.32 Å². The molecule has 0 spiro atoms. The molecule has 0 heterocycles. The minimum Gasteiger partial charge on any atom is -0.365 e. The largest absolute Gasteiger partial charge is 0.365 e. The second-order valence-corrected chi connectivity index (χ2v) is 3.91. The van der Waals surface area contributed by atoms with Gasteiger partial charge in [0, 0.05) is 19.8 Å². The zero-order valence-electron chi connectivity index (χ0n) is 8.25. The smallest absolute Gasteiger partial charge is 0.172 e. The van der Waals surface area contributed by atoms with Crippen molar-refractivity contribution >= 4 is 70.2 Å². The minimum atomic E-state index is 0. The number of thiocarbonyl (C=S) groups is 1. The van der Waals surface area contributed by atoms with Gasteiger partial charge in [-0.05, 0) is 30.4 Å². The summed E-state index contributed by atoms with van der Waals surface area (Å²) in [5.74, 6) is 0. The molecule has 2 nitrogen and oxygen atoms in total. The molecule has 84 valence electrons. The van der Waals surface area contributed by atoms with Gasteiger partial charge >= 0.3 is 0 Å². The maximum atomic E-state index is 5.88. The Balaban J connectivity index is 0.00000196. The SMILES string of the molecule is CNC(=S)N(C)c1ccc(Cl)c(Cl)c1.I. The van der Waals surface area contributed by atoms with Gasteiger partial charge in [-0.1, -0.05) is 23.2 Å². The van der Waals surface area contributed by atoms with E-state index in [9.17, 15) is 0 Å². The summed E-state index contributed by atoms with van der Waals surface area (Å²) in [4.78, 5) is 1.82. The number of nitrogens with zero attached hydrogens (tertiary/aromatic N) is 1. The first kappa shape index (κ1) is 15.2. The molecular formula is C9H11Cl2IN2S. The maximum absolute atomic E-state index is 5.88. The molecule has 0 saturated carbocycles. The van der Waals surface area contributed by atoms with Crippen LogP contribution in [0.3, 0.4) is 0 Å². The Morgan fingerprint density at radius 3 is 2.40 bits per heavy atom. The Morgan fingerprint density at radius 1 is 1.33 bits per heavy atom. The number of halogens is 3. The van der Waals surface area contributed by atoms with Crippen LogP contribution < -0.4 is 10.2 Å². The number of hydrogen-bond acceptors (Lipinski definition) is 1. The molecule has 0 unspecified atom stereocenters. The van der Waals surface area contributed by atoms with E-state index in [2.05, 4.69) is 5.32 Å². The second kappa shape index (κ2) is 6.73. The van der Waals surface area contributed by atoms with Crippen molar-refractivity contribution in [2.45, 2.75) is 0 Å². The lowest BCUT2D eigenvalue weighted by atomic mass is 10.3. The lowest BCUT2D eigenvalue weighted by Crippen LogP contribution is -2.34. The minimum absolute atomic E-state index is 0. The Labute approximate surface area is 122 Å². The third-order valence-corrected chi connectivity index (χ3v) is 3.03. The molecule has 0 aliphatic carbocycles. The van der Waals surface area contributed by atoms with Gasteiger partial charge in [0.05, 0.1) is 10.0 Å². The molecule has 1 aromatic carbocycles. The van der Waals surface area contributed by atoms with Crippen molar-refractivity contribution < 1.29 is 0 Å². The molecule has 0 aliphatic rings. The molecule has 1 rings (SSSR count). The van der Waals surface area contributed by atoms with E-state index in [1.165, 1.54) is 0 Å². The van der Waals surface area contributed by atoms with Gasteiger partial charge in [0.1, 0.15) is 0 Å². The Morgan fingerprint density at radius 2 is 1.93 bits per heavy atom. The normalized spacial score (nSPS) is 9.07. The van der Waals surface area contributed by atoms with Crippen LogP contribution in [0.5, 0.6) is 0 Å². The van der Waals surface area contributed by atoms with Crippen LogP contribution in [0, 0.1) is 0 Å². The summed E-state index contributed by atoms with van der Waals surface area (Å²) in [6, 6.07) is 5.37. The molecule has 0 aliphatic heterocycles. The molecule has 0 fully saturated rings. The maximum Gasteiger partial charge on any atom is 0.172 e. The molecule has 1 aromatic rings. The van der Waals surface area contributed by atoms with Crippen molar-refractivity contribution in [3.8, 4) is 0 Å². The first-order valence-electron chi connectivity index (χ1n) is 3.96. The molecule has 1 N–H and O–H groups in total. The van der Waals surface area contributed by atoms with Crippen molar-refractivity contribution in [2.75, 3.05) is 19.0 Å². The van der Waals surface area contributed by atoms with Gasteiger partial charge in [-0.2, -0.15) is 0 Å². The van der Waals surface area contributed by atoms with Gasteiger partial charge < -0.3 is 10.2 Å². The van der Waals surface area contributed by atoms with Gasteiger partial charge in [0.15, 0.2) is 5.11 Å². The zero-order valence-corrected chi connectivity index (χ0v) is 12.9. The van der Waals surface area contributed by atoms with E-state index in [4.69, 9.17) is 35.4 Å². The summed E-state index contributed by atoms with van der Waals surface area (Å²) in [5.41, 5.74) is 0.902. The van der Waals surface area contributed by atoms with E-state index >= 15 is 0 Å². The molecule has 0 bridgehead atoms. The highest BCUT2D eigenvalue weighted by molar-refractivity contribution is 14.0. The molecule has 0 saturated heterocycles. The second-order valence-electron chi connectivity index (χ2n) is 2.71. The summed E-state index contributed by atoms with van der Waals surface area (Å²) in [6.07, 6.45) is 0. The fourth-order valence-corrected chi connectivity index (χ4v) is 1.38. The predicted molar refractivity (Wildman–Crippen MR) is 81.9 cm³/mol. The van der Waals surface area contributed by atoms with E-state index in [0.29, 0.717) is 15.2 Å². The van der Waals surface area contributed by atoms with E-state index in [-0.39, 0.29) is 24.0 Å². The third-order valence-electron chi connectivity index (χ3n) is 1.81. The first-order valence-corrected chi connectivity index (χ1v) is 5.13. The van der Waals surface area contributed by atoms with Crippen LogP contribution in [0.15, 0.2) is 18.2 Å². The molecular weight excluding hydrogens is 366 g/mol. The summed E-state index contributed by atoms with van der Waals surface area (Å²) >= 11 is 16.8. The number of benzene rings is 1. The highest BCUT2D eigenvalue weighted by atomic mass is 127. The molecule has 0 aromatic heterocycles. The van der Waals surface area contributed by atoms with Crippen molar-refractivity contribution in [3.05, 3.63) is 28.2 Å². The molecule has 0 atom stereocenters. The average Bonchev–Trinajstić information content (AvgIpc) is 2.20. The van der Waals surface area contributed by atoms with Crippen molar-refractivity contribution in [3.63, 3.8) is 0 Å². The Kier molecular flexibility index (Phi) is 6.83. The Hall–Kier alpha value is 0.220. The quantitative estimate of drug-likeness (QED) is 0.596.